The smallest absolute Gasteiger partial charge is 0.232 e. The molecule has 4 aromatic heterocycles. The molecule has 0 aliphatic carbocycles. The van der Waals surface area contributed by atoms with Gasteiger partial charge in [0.1, 0.15) is 17.1 Å². The highest BCUT2D eigenvalue weighted by molar-refractivity contribution is 7.92. The minimum absolute atomic E-state index is 0.0176. The van der Waals surface area contributed by atoms with Gasteiger partial charge in [0.25, 0.3) is 0 Å². The van der Waals surface area contributed by atoms with Crippen LogP contribution < -0.4 is 4.31 Å². The molecule has 11 heteroatoms. The minimum Gasteiger partial charge on any atom is -0.454 e. The molecule has 0 spiro atoms. The van der Waals surface area contributed by atoms with Crippen molar-refractivity contribution in [2.24, 2.45) is 0 Å². The summed E-state index contributed by atoms with van der Waals surface area (Å²) >= 11 is 0. The maximum absolute atomic E-state index is 14.7. The topological polar surface area (TPSA) is 103 Å². The standard InChI is InChI=1S/C32H28FN5O4S/c1-18(2)38-27(10-12-34-38)32-23(17-39)20-14-22(28(16-30(20)42-32)36(3)43(4,40)41)25-9-8-19-11-13-37-26-7-5-6-24(33)21(26)15-29(37)31(19)35-25/h5-10,12,14-18H,11,13H2,1-4H3. The van der Waals surface area contributed by atoms with Crippen LogP contribution in [0.4, 0.5) is 10.1 Å². The van der Waals surface area contributed by atoms with Crippen LogP contribution in [0.25, 0.3) is 56.0 Å². The van der Waals surface area contributed by atoms with Crippen molar-refractivity contribution in [3.63, 3.8) is 0 Å². The Morgan fingerprint density at radius 3 is 2.63 bits per heavy atom. The molecule has 1 aliphatic heterocycles. The lowest BCUT2D eigenvalue weighted by Gasteiger charge is -2.22. The zero-order chi connectivity index (χ0) is 30.2. The third-order valence-corrected chi connectivity index (χ3v) is 9.38. The molecule has 43 heavy (non-hydrogen) atoms. The fourth-order valence-electron chi connectivity index (χ4n) is 5.99. The number of sulfonamides is 1. The molecule has 0 saturated carbocycles. The van der Waals surface area contributed by atoms with Crippen LogP contribution in [0.15, 0.2) is 65.2 Å². The second kappa shape index (κ2) is 9.63. The number of fused-ring (bicyclic) bond motifs is 6. The summed E-state index contributed by atoms with van der Waals surface area (Å²) in [6, 6.07) is 15.9. The molecule has 6 aromatic rings. The Morgan fingerprint density at radius 1 is 1.07 bits per heavy atom. The maximum atomic E-state index is 14.7. The van der Waals surface area contributed by atoms with E-state index in [0.29, 0.717) is 62.6 Å². The number of pyridine rings is 1. The molecule has 218 valence electrons. The molecule has 5 heterocycles. The Hall–Kier alpha value is -4.77. The Labute approximate surface area is 247 Å². The van der Waals surface area contributed by atoms with Crippen molar-refractivity contribution in [2.45, 2.75) is 32.9 Å². The summed E-state index contributed by atoms with van der Waals surface area (Å²) < 4.78 is 51.5. The lowest BCUT2D eigenvalue weighted by molar-refractivity contribution is 0.112. The highest BCUT2D eigenvalue weighted by atomic mass is 32.2. The Bertz CT molecular complexity index is 2210. The van der Waals surface area contributed by atoms with Gasteiger partial charge in [-0.25, -0.2) is 17.8 Å². The van der Waals surface area contributed by atoms with Crippen molar-refractivity contribution in [1.29, 1.82) is 0 Å². The zero-order valence-corrected chi connectivity index (χ0v) is 24.8. The van der Waals surface area contributed by atoms with E-state index in [0.717, 1.165) is 35.7 Å². The SMILES string of the molecule is CC(C)n1nccc1-c1oc2cc(N(C)S(C)(=O)=O)c(-c3ccc4c(n3)-c3cc5c(F)cccc5n3CC4)cc2c1C=O. The van der Waals surface area contributed by atoms with Gasteiger partial charge in [0.15, 0.2) is 12.0 Å². The summed E-state index contributed by atoms with van der Waals surface area (Å²) in [5.74, 6) is 0.0573. The van der Waals surface area contributed by atoms with Crippen LogP contribution in [-0.4, -0.2) is 47.3 Å². The van der Waals surface area contributed by atoms with Gasteiger partial charge < -0.3 is 8.98 Å². The van der Waals surface area contributed by atoms with E-state index in [-0.39, 0.29) is 11.9 Å². The van der Waals surface area contributed by atoms with Gasteiger partial charge in [0, 0.05) is 48.2 Å². The summed E-state index contributed by atoms with van der Waals surface area (Å²) in [7, 11) is -2.21. The van der Waals surface area contributed by atoms with E-state index < -0.39 is 10.0 Å². The molecule has 0 fully saturated rings. The van der Waals surface area contributed by atoms with Crippen molar-refractivity contribution in [2.75, 3.05) is 17.6 Å². The first kappa shape index (κ1) is 27.1. The summed E-state index contributed by atoms with van der Waals surface area (Å²) in [5.41, 5.74) is 6.01. The third-order valence-electron chi connectivity index (χ3n) is 8.19. The molecule has 9 nitrogen and oxygen atoms in total. The van der Waals surface area contributed by atoms with Crippen LogP contribution in [0.2, 0.25) is 0 Å². The van der Waals surface area contributed by atoms with Gasteiger partial charge in [-0.1, -0.05) is 12.1 Å². The molecule has 0 unspecified atom stereocenters. The van der Waals surface area contributed by atoms with Gasteiger partial charge in [-0.15, -0.1) is 0 Å². The van der Waals surface area contributed by atoms with Crippen molar-refractivity contribution < 1.29 is 22.0 Å². The van der Waals surface area contributed by atoms with E-state index in [1.165, 1.54) is 17.4 Å². The van der Waals surface area contributed by atoms with Gasteiger partial charge in [0.05, 0.1) is 40.1 Å². The van der Waals surface area contributed by atoms with Crippen LogP contribution in [0.3, 0.4) is 0 Å². The van der Waals surface area contributed by atoms with Gasteiger partial charge in [-0.2, -0.15) is 5.10 Å². The molecular weight excluding hydrogens is 569 g/mol. The predicted molar refractivity (Wildman–Crippen MR) is 164 cm³/mol. The van der Waals surface area contributed by atoms with Gasteiger partial charge in [-0.3, -0.25) is 13.8 Å². The van der Waals surface area contributed by atoms with Gasteiger partial charge in [0.2, 0.25) is 10.0 Å². The average Bonchev–Trinajstić information content (AvgIpc) is 3.70. The summed E-state index contributed by atoms with van der Waals surface area (Å²) in [5, 5.41) is 5.43. The first-order valence-corrected chi connectivity index (χ1v) is 15.7. The Balaban J connectivity index is 1.48. The number of rotatable bonds is 6. The normalized spacial score (nSPS) is 13.1. The quantitative estimate of drug-likeness (QED) is 0.204. The molecule has 7 rings (SSSR count). The maximum Gasteiger partial charge on any atom is 0.232 e. The van der Waals surface area contributed by atoms with E-state index in [2.05, 4.69) is 9.67 Å². The minimum atomic E-state index is -3.68. The van der Waals surface area contributed by atoms with Crippen LogP contribution in [0.1, 0.15) is 35.8 Å². The van der Waals surface area contributed by atoms with Crippen LogP contribution in [-0.2, 0) is 23.0 Å². The van der Waals surface area contributed by atoms with Crippen molar-refractivity contribution in [3.8, 4) is 34.1 Å². The number of halogens is 1. The van der Waals surface area contributed by atoms with E-state index in [9.17, 15) is 17.6 Å². The summed E-state index contributed by atoms with van der Waals surface area (Å²) in [6.45, 7) is 4.65. The second-order valence-electron chi connectivity index (χ2n) is 11.1. The van der Waals surface area contributed by atoms with Crippen LogP contribution in [0.5, 0.6) is 0 Å². The van der Waals surface area contributed by atoms with E-state index >= 15 is 0 Å². The van der Waals surface area contributed by atoms with Gasteiger partial charge in [-0.05, 0) is 62.2 Å². The zero-order valence-electron chi connectivity index (χ0n) is 24.0. The number of aryl methyl sites for hydroxylation is 2. The molecule has 0 saturated heterocycles. The lowest BCUT2D eigenvalue weighted by Crippen LogP contribution is -2.25. The van der Waals surface area contributed by atoms with E-state index in [4.69, 9.17) is 9.40 Å². The molecule has 0 radical (unpaired) electrons. The van der Waals surface area contributed by atoms with Gasteiger partial charge >= 0.3 is 0 Å². The fraction of sp³-hybridized carbons (Fsp3) is 0.219. The number of hydrogen-bond donors (Lipinski definition) is 0. The monoisotopic (exact) mass is 597 g/mol. The number of furan rings is 1. The number of anilines is 1. The average molecular weight is 598 g/mol. The van der Waals surface area contributed by atoms with E-state index in [1.54, 1.807) is 35.1 Å². The number of carbonyl (C=O) groups is 1. The molecular formula is C32H28FN5O4S. The molecule has 0 amide bonds. The number of nitrogens with zero attached hydrogens (tertiary/aromatic N) is 5. The van der Waals surface area contributed by atoms with E-state index in [1.807, 2.05) is 38.1 Å². The van der Waals surface area contributed by atoms with Crippen molar-refractivity contribution >= 4 is 43.9 Å². The highest BCUT2D eigenvalue weighted by Gasteiger charge is 2.27. The Kier molecular flexibility index (Phi) is 6.07. The fourth-order valence-corrected chi connectivity index (χ4v) is 6.50. The first-order chi connectivity index (χ1) is 20.6. The van der Waals surface area contributed by atoms with Crippen molar-refractivity contribution in [1.82, 2.24) is 19.3 Å². The molecule has 0 atom stereocenters. The third kappa shape index (κ3) is 4.17. The number of carbonyl (C=O) groups excluding carboxylic acids is 1. The highest BCUT2D eigenvalue weighted by Crippen LogP contribution is 2.42. The number of benzene rings is 2. The molecule has 0 N–H and O–H groups in total. The number of aldehydes is 1. The van der Waals surface area contributed by atoms with Crippen LogP contribution >= 0.6 is 0 Å². The largest absolute Gasteiger partial charge is 0.454 e. The second-order valence-corrected chi connectivity index (χ2v) is 13.1. The van der Waals surface area contributed by atoms with Crippen LogP contribution in [0, 0.1) is 5.82 Å². The molecule has 2 aromatic carbocycles. The number of aromatic nitrogens is 4. The molecule has 1 aliphatic rings. The summed E-state index contributed by atoms with van der Waals surface area (Å²) in [6.07, 6.45) is 4.23. The van der Waals surface area contributed by atoms with Crippen molar-refractivity contribution in [3.05, 3.63) is 77.7 Å². The first-order valence-electron chi connectivity index (χ1n) is 13.9. The summed E-state index contributed by atoms with van der Waals surface area (Å²) in [4.78, 5) is 17.5. The lowest BCUT2D eigenvalue weighted by atomic mass is 9.99. The Morgan fingerprint density at radius 2 is 1.88 bits per heavy atom. The predicted octanol–water partition coefficient (Wildman–Crippen LogP) is 6.46. The number of hydrogen-bond acceptors (Lipinski definition) is 6. The molecule has 0 bridgehead atoms.